The van der Waals surface area contributed by atoms with Crippen LogP contribution < -0.4 is 0 Å². The van der Waals surface area contributed by atoms with E-state index in [2.05, 4.69) is 0 Å². The summed E-state index contributed by atoms with van der Waals surface area (Å²) in [5.41, 5.74) is 0. The van der Waals surface area contributed by atoms with E-state index in [0.29, 0.717) is 11.8 Å². The minimum atomic E-state index is -1.58. The van der Waals surface area contributed by atoms with Crippen molar-refractivity contribution in [3.05, 3.63) is 4.91 Å². The Bertz CT molecular complexity index is 381. The van der Waals surface area contributed by atoms with Gasteiger partial charge in [0.25, 0.3) is 5.91 Å². The molecule has 100 valence electrons. The van der Waals surface area contributed by atoms with Crippen molar-refractivity contribution < 1.29 is 29.4 Å². The molecule has 2 atom stereocenters. The Morgan fingerprint density at radius 3 is 1.94 bits per heavy atom. The quantitative estimate of drug-likeness (QED) is 0.635. The molecule has 0 heterocycles. The van der Waals surface area contributed by atoms with Crippen molar-refractivity contribution in [3.63, 3.8) is 0 Å². The zero-order valence-corrected chi connectivity index (χ0v) is 10.2. The minimum absolute atomic E-state index is 0.284. The summed E-state index contributed by atoms with van der Waals surface area (Å²) in [6.45, 7) is 1.21. The summed E-state index contributed by atoms with van der Waals surface area (Å²) in [5, 5.41) is 19.4. The van der Waals surface area contributed by atoms with Crippen LogP contribution in [0.3, 0.4) is 0 Å². The van der Waals surface area contributed by atoms with Crippen LogP contribution in [-0.2, 0) is 19.2 Å². The van der Waals surface area contributed by atoms with Crippen LogP contribution in [0, 0.1) is 16.7 Å². The number of carbonyl (C=O) groups excluding carboxylic acids is 2. The first-order valence-corrected chi connectivity index (χ1v) is 5.73. The van der Waals surface area contributed by atoms with E-state index in [9.17, 15) is 24.1 Å². The number of carbonyl (C=O) groups is 4. The summed E-state index contributed by atoms with van der Waals surface area (Å²) in [6, 6.07) is 0. The summed E-state index contributed by atoms with van der Waals surface area (Å²) in [4.78, 5) is 53.2. The fraction of sp³-hybridized carbons (Fsp3) is 0.556. The number of nitrogens with zero attached hydrogens (tertiary/aromatic N) is 1. The number of hydrogen-bond acceptors (Lipinski definition) is 6. The van der Waals surface area contributed by atoms with E-state index < -0.39 is 36.1 Å². The van der Waals surface area contributed by atoms with Gasteiger partial charge in [0.05, 0.1) is 11.8 Å². The molecule has 0 radical (unpaired) electrons. The molecule has 18 heavy (non-hydrogen) atoms. The molecule has 8 nitrogen and oxygen atoms in total. The van der Waals surface area contributed by atoms with Crippen molar-refractivity contribution in [3.8, 4) is 0 Å². The number of carboxylic acid groups (broad SMARTS) is 2. The summed E-state index contributed by atoms with van der Waals surface area (Å²) in [5.74, 6) is -7.52. The molecule has 2 unspecified atom stereocenters. The smallest absolute Gasteiger partial charge is 0.308 e. The van der Waals surface area contributed by atoms with E-state index in [0.717, 1.165) is 0 Å². The first-order chi connectivity index (χ1) is 8.29. The minimum Gasteiger partial charge on any atom is -0.481 e. The second kappa shape index (κ2) is 7.54. The van der Waals surface area contributed by atoms with Gasteiger partial charge >= 0.3 is 11.9 Å². The molecule has 9 heteroatoms. The van der Waals surface area contributed by atoms with Gasteiger partial charge in [-0.05, 0) is 0 Å². The van der Waals surface area contributed by atoms with Gasteiger partial charge in [-0.2, -0.15) is 0 Å². The average Bonchev–Trinajstić information content (AvgIpc) is 2.26. The number of nitroso groups, excluding NO2 is 1. The lowest BCUT2D eigenvalue weighted by Crippen LogP contribution is -2.33. The Kier molecular flexibility index (Phi) is 6.79. The highest BCUT2D eigenvalue weighted by atomic mass is 32.2. The largest absolute Gasteiger partial charge is 0.481 e. The molecule has 0 bridgehead atoms. The van der Waals surface area contributed by atoms with Crippen molar-refractivity contribution in [2.24, 2.45) is 17.0 Å². The van der Waals surface area contributed by atoms with Gasteiger partial charge in [-0.25, -0.2) is 0 Å². The molecule has 0 aromatic heterocycles. The molecule has 0 aromatic rings. The maximum Gasteiger partial charge on any atom is 0.308 e. The van der Waals surface area contributed by atoms with Gasteiger partial charge in [-0.3, -0.25) is 19.2 Å². The van der Waals surface area contributed by atoms with Crippen LogP contribution in [0.15, 0.2) is 5.18 Å². The highest BCUT2D eigenvalue weighted by Crippen LogP contribution is 2.22. The molecule has 0 saturated carbocycles. The lowest BCUT2D eigenvalue weighted by molar-refractivity contribution is -0.153. The molecule has 0 rings (SSSR count). The number of hydrogen-bond donors (Lipinski definition) is 2. The van der Waals surface area contributed by atoms with Crippen LogP contribution in [0.5, 0.6) is 0 Å². The van der Waals surface area contributed by atoms with Gasteiger partial charge in [0.2, 0.25) is 0 Å². The van der Waals surface area contributed by atoms with Crippen molar-refractivity contribution in [2.45, 2.75) is 13.3 Å². The highest BCUT2D eigenvalue weighted by Gasteiger charge is 2.36. The van der Waals surface area contributed by atoms with Gasteiger partial charge in [0, 0.05) is 24.3 Å². The van der Waals surface area contributed by atoms with Crippen LogP contribution in [0.1, 0.15) is 13.3 Å². The Labute approximate surface area is 106 Å². The molecule has 2 N–H and O–H groups in total. The normalized spacial score (nSPS) is 13.4. The summed E-state index contributed by atoms with van der Waals surface area (Å²) in [7, 11) is 0. The topological polar surface area (TPSA) is 138 Å². The number of thioether (sulfide) groups is 1. The predicted molar refractivity (Wildman–Crippen MR) is 60.8 cm³/mol. The van der Waals surface area contributed by atoms with Crippen LogP contribution >= 0.6 is 11.8 Å². The van der Waals surface area contributed by atoms with E-state index in [1.165, 1.54) is 6.92 Å². The van der Waals surface area contributed by atoms with Crippen molar-refractivity contribution in [1.29, 1.82) is 0 Å². The SMILES string of the molecule is CC(=O)SCC(C(=O)O)C(CC(=O)N=O)C(=O)O. The molecule has 0 aliphatic heterocycles. The van der Waals surface area contributed by atoms with Crippen molar-refractivity contribution >= 4 is 34.7 Å². The van der Waals surface area contributed by atoms with Gasteiger partial charge in [0.1, 0.15) is 0 Å². The number of carboxylic acids is 2. The Hall–Kier alpha value is -1.77. The van der Waals surface area contributed by atoms with E-state index in [1.54, 1.807) is 0 Å². The zero-order chi connectivity index (χ0) is 14.3. The zero-order valence-electron chi connectivity index (χ0n) is 9.36. The number of aliphatic carboxylic acids is 2. The van der Waals surface area contributed by atoms with Crippen LogP contribution in [0.25, 0.3) is 0 Å². The lowest BCUT2D eigenvalue weighted by atomic mass is 9.91. The monoisotopic (exact) mass is 277 g/mol. The second-order valence-corrected chi connectivity index (χ2v) is 4.58. The molecule has 0 aliphatic carbocycles. The maximum atomic E-state index is 10.9. The van der Waals surface area contributed by atoms with Crippen LogP contribution in [0.2, 0.25) is 0 Å². The number of rotatable bonds is 7. The van der Waals surface area contributed by atoms with E-state index >= 15 is 0 Å². The fourth-order valence-corrected chi connectivity index (χ4v) is 1.98. The first kappa shape index (κ1) is 16.2. The van der Waals surface area contributed by atoms with Crippen LogP contribution in [0.4, 0.5) is 0 Å². The van der Waals surface area contributed by atoms with E-state index in [-0.39, 0.29) is 10.9 Å². The summed E-state index contributed by atoms with van der Waals surface area (Å²) in [6.07, 6.45) is -0.797. The predicted octanol–water partition coefficient (Wildman–Crippen LogP) is 0.351. The van der Waals surface area contributed by atoms with Crippen molar-refractivity contribution in [1.82, 2.24) is 0 Å². The molecule has 0 aliphatic rings. The Morgan fingerprint density at radius 2 is 1.61 bits per heavy atom. The maximum absolute atomic E-state index is 10.9. The van der Waals surface area contributed by atoms with Crippen molar-refractivity contribution in [2.75, 3.05) is 5.75 Å². The Balaban J connectivity index is 4.92. The Morgan fingerprint density at radius 1 is 1.11 bits per heavy atom. The molecule has 0 aromatic carbocycles. The standard InChI is InChI=1S/C9H11NO7S/c1-4(11)18-3-6(9(15)16)5(8(13)14)2-7(12)10-17/h5-6H,2-3H2,1H3,(H,13,14)(H,15,16). The van der Waals surface area contributed by atoms with Crippen LogP contribution in [-0.4, -0.2) is 38.9 Å². The molecule has 0 fully saturated rings. The third-order valence-corrected chi connectivity index (χ3v) is 3.01. The third kappa shape index (κ3) is 5.53. The number of amides is 1. The molecular weight excluding hydrogens is 266 g/mol. The molecule has 0 spiro atoms. The summed E-state index contributed by atoms with van der Waals surface area (Å²) >= 11 is 0.645. The second-order valence-electron chi connectivity index (χ2n) is 3.38. The van der Waals surface area contributed by atoms with Gasteiger partial charge < -0.3 is 10.2 Å². The summed E-state index contributed by atoms with van der Waals surface area (Å²) < 4.78 is 0. The van der Waals surface area contributed by atoms with E-state index in [1.807, 2.05) is 5.18 Å². The molecule has 1 amide bonds. The fourth-order valence-electron chi connectivity index (χ4n) is 1.19. The van der Waals surface area contributed by atoms with Gasteiger partial charge in [-0.15, -0.1) is 4.91 Å². The van der Waals surface area contributed by atoms with E-state index in [4.69, 9.17) is 10.2 Å². The highest BCUT2D eigenvalue weighted by molar-refractivity contribution is 8.13. The molecule has 0 saturated heterocycles. The average molecular weight is 277 g/mol. The lowest BCUT2D eigenvalue weighted by Gasteiger charge is -2.17. The van der Waals surface area contributed by atoms with Gasteiger partial charge in [0.15, 0.2) is 5.12 Å². The first-order valence-electron chi connectivity index (χ1n) is 4.74. The third-order valence-electron chi connectivity index (χ3n) is 2.08. The molecular formula is C9H11NO7S. The van der Waals surface area contributed by atoms with Gasteiger partial charge in [-0.1, -0.05) is 11.8 Å².